The highest BCUT2D eigenvalue weighted by atomic mass is 16.5. The van der Waals surface area contributed by atoms with Crippen molar-refractivity contribution in [2.24, 2.45) is 0 Å². The summed E-state index contributed by atoms with van der Waals surface area (Å²) in [6.45, 7) is 0. The molecule has 1 aliphatic rings. The van der Waals surface area contributed by atoms with Gasteiger partial charge in [0.1, 0.15) is 5.75 Å². The zero-order chi connectivity index (χ0) is 11.0. The zero-order valence-corrected chi connectivity index (χ0v) is 8.68. The molecule has 0 radical (unpaired) electrons. The molecule has 0 fully saturated rings. The highest BCUT2D eigenvalue weighted by molar-refractivity contribution is 5.81. The molecule has 3 rings (SSSR count). The summed E-state index contributed by atoms with van der Waals surface area (Å²) in [6.07, 6.45) is 3.66. The van der Waals surface area contributed by atoms with Gasteiger partial charge in [-0.15, -0.1) is 0 Å². The first-order chi connectivity index (χ1) is 7.84. The molecular formula is C14H11NO. The number of ether oxygens (including phenoxy) is 1. The lowest BCUT2D eigenvalue weighted by atomic mass is 9.99. The Bertz CT molecular complexity index is 573. The predicted molar refractivity (Wildman–Crippen MR) is 66.0 cm³/mol. The van der Waals surface area contributed by atoms with E-state index in [0.29, 0.717) is 5.69 Å². The maximum absolute atomic E-state index is 5.75. The minimum absolute atomic E-state index is 0.714. The molecule has 0 unspecified atom stereocenters. The number of hydrogen-bond donors (Lipinski definition) is 1. The Morgan fingerprint density at radius 2 is 1.81 bits per heavy atom. The highest BCUT2D eigenvalue weighted by Crippen LogP contribution is 2.36. The first-order valence-corrected chi connectivity index (χ1v) is 5.17. The molecule has 0 saturated heterocycles. The SMILES string of the molecule is Nc1ccc2c(c1)OC=Cc1ccccc1-2. The first-order valence-electron chi connectivity index (χ1n) is 5.17. The van der Waals surface area contributed by atoms with E-state index in [-0.39, 0.29) is 0 Å². The van der Waals surface area contributed by atoms with Crippen molar-refractivity contribution in [1.82, 2.24) is 0 Å². The third-order valence-corrected chi connectivity index (χ3v) is 2.70. The number of nitrogen functional groups attached to an aromatic ring is 1. The molecular weight excluding hydrogens is 198 g/mol. The maximum atomic E-state index is 5.75. The standard InChI is InChI=1S/C14H11NO/c15-11-5-6-13-12-4-2-1-3-10(12)7-8-16-14(13)9-11/h1-9H,15H2. The van der Waals surface area contributed by atoms with E-state index in [4.69, 9.17) is 10.5 Å². The van der Waals surface area contributed by atoms with Gasteiger partial charge in [0.15, 0.2) is 0 Å². The lowest BCUT2D eigenvalue weighted by Gasteiger charge is -2.08. The first kappa shape index (κ1) is 9.04. The van der Waals surface area contributed by atoms with Crippen molar-refractivity contribution < 1.29 is 4.74 Å². The van der Waals surface area contributed by atoms with Gasteiger partial charge in [0.2, 0.25) is 0 Å². The fraction of sp³-hybridized carbons (Fsp3) is 0. The molecule has 0 aliphatic carbocycles. The van der Waals surface area contributed by atoms with Crippen LogP contribution in [0.1, 0.15) is 5.56 Å². The van der Waals surface area contributed by atoms with Crippen LogP contribution in [0.5, 0.6) is 5.75 Å². The van der Waals surface area contributed by atoms with Gasteiger partial charge in [-0.3, -0.25) is 0 Å². The van der Waals surface area contributed by atoms with E-state index in [1.54, 1.807) is 6.26 Å². The second-order valence-corrected chi connectivity index (χ2v) is 3.76. The summed E-state index contributed by atoms with van der Waals surface area (Å²) >= 11 is 0. The Kier molecular flexibility index (Phi) is 1.93. The van der Waals surface area contributed by atoms with Gasteiger partial charge >= 0.3 is 0 Å². The fourth-order valence-electron chi connectivity index (χ4n) is 1.93. The molecule has 0 aromatic heterocycles. The van der Waals surface area contributed by atoms with E-state index in [2.05, 4.69) is 12.1 Å². The molecule has 0 saturated carbocycles. The number of rotatable bonds is 0. The van der Waals surface area contributed by atoms with Crippen molar-refractivity contribution in [2.75, 3.05) is 5.73 Å². The molecule has 0 spiro atoms. The van der Waals surface area contributed by atoms with Crippen LogP contribution in [0, 0.1) is 0 Å². The molecule has 78 valence electrons. The van der Waals surface area contributed by atoms with Gasteiger partial charge in [-0.25, -0.2) is 0 Å². The van der Waals surface area contributed by atoms with Crippen molar-refractivity contribution in [1.29, 1.82) is 0 Å². The summed E-state index contributed by atoms with van der Waals surface area (Å²) in [7, 11) is 0. The Morgan fingerprint density at radius 1 is 0.938 bits per heavy atom. The smallest absolute Gasteiger partial charge is 0.136 e. The third kappa shape index (κ3) is 1.36. The number of nitrogens with two attached hydrogens (primary N) is 1. The normalized spacial score (nSPS) is 12.2. The van der Waals surface area contributed by atoms with Crippen LogP contribution >= 0.6 is 0 Å². The van der Waals surface area contributed by atoms with Crippen molar-refractivity contribution in [3.05, 3.63) is 54.3 Å². The van der Waals surface area contributed by atoms with Crippen molar-refractivity contribution in [2.45, 2.75) is 0 Å². The molecule has 2 aromatic carbocycles. The molecule has 2 heteroatoms. The van der Waals surface area contributed by atoms with E-state index in [9.17, 15) is 0 Å². The van der Waals surface area contributed by atoms with Crippen molar-refractivity contribution in [3.8, 4) is 16.9 Å². The van der Waals surface area contributed by atoms with E-state index in [1.807, 2.05) is 36.4 Å². The van der Waals surface area contributed by atoms with Crippen molar-refractivity contribution >= 4 is 11.8 Å². The van der Waals surface area contributed by atoms with Crippen LogP contribution in [0.2, 0.25) is 0 Å². The Balaban J connectivity index is 2.30. The van der Waals surface area contributed by atoms with Gasteiger partial charge in [-0.05, 0) is 29.3 Å². The third-order valence-electron chi connectivity index (χ3n) is 2.70. The molecule has 1 aliphatic heterocycles. The molecule has 2 aromatic rings. The zero-order valence-electron chi connectivity index (χ0n) is 8.68. The van der Waals surface area contributed by atoms with Crippen LogP contribution in [0.4, 0.5) is 5.69 Å². The monoisotopic (exact) mass is 209 g/mol. The highest BCUT2D eigenvalue weighted by Gasteiger charge is 2.11. The quantitative estimate of drug-likeness (QED) is 0.675. The molecule has 0 bridgehead atoms. The lowest BCUT2D eigenvalue weighted by molar-refractivity contribution is 0.488. The summed E-state index contributed by atoms with van der Waals surface area (Å²) in [5.74, 6) is 0.807. The average Bonchev–Trinajstić information content (AvgIpc) is 2.47. The lowest BCUT2D eigenvalue weighted by Crippen LogP contribution is -1.89. The molecule has 2 nitrogen and oxygen atoms in total. The van der Waals surface area contributed by atoms with E-state index >= 15 is 0 Å². The van der Waals surface area contributed by atoms with Crippen LogP contribution < -0.4 is 10.5 Å². The van der Waals surface area contributed by atoms with Gasteiger partial charge in [-0.2, -0.15) is 0 Å². The number of fused-ring (bicyclic) bond motifs is 3. The van der Waals surface area contributed by atoms with E-state index in [1.165, 1.54) is 5.56 Å². The van der Waals surface area contributed by atoms with Crippen LogP contribution in [0.3, 0.4) is 0 Å². The minimum atomic E-state index is 0.714. The number of anilines is 1. The van der Waals surface area contributed by atoms with Gasteiger partial charge in [0, 0.05) is 17.3 Å². The van der Waals surface area contributed by atoms with Crippen LogP contribution in [0.25, 0.3) is 17.2 Å². The van der Waals surface area contributed by atoms with E-state index < -0.39 is 0 Å². The summed E-state index contributed by atoms with van der Waals surface area (Å²) in [4.78, 5) is 0. The summed E-state index contributed by atoms with van der Waals surface area (Å²) in [5.41, 5.74) is 9.87. The Hall–Kier alpha value is -2.22. The summed E-state index contributed by atoms with van der Waals surface area (Å²) in [6, 6.07) is 13.9. The second kappa shape index (κ2) is 3.42. The molecule has 0 atom stereocenters. The molecule has 1 heterocycles. The Morgan fingerprint density at radius 3 is 2.75 bits per heavy atom. The largest absolute Gasteiger partial charge is 0.464 e. The minimum Gasteiger partial charge on any atom is -0.464 e. The van der Waals surface area contributed by atoms with Crippen LogP contribution in [0.15, 0.2) is 48.7 Å². The van der Waals surface area contributed by atoms with Crippen LogP contribution in [-0.4, -0.2) is 0 Å². The predicted octanol–water partition coefficient (Wildman–Crippen LogP) is 3.30. The fourth-order valence-corrected chi connectivity index (χ4v) is 1.93. The Labute approximate surface area is 94.0 Å². The van der Waals surface area contributed by atoms with Gasteiger partial charge in [0.25, 0.3) is 0 Å². The number of benzene rings is 2. The molecule has 0 amide bonds. The summed E-state index contributed by atoms with van der Waals surface area (Å²) < 4.78 is 5.55. The summed E-state index contributed by atoms with van der Waals surface area (Å²) in [5, 5.41) is 0. The van der Waals surface area contributed by atoms with E-state index in [0.717, 1.165) is 16.9 Å². The van der Waals surface area contributed by atoms with Gasteiger partial charge < -0.3 is 10.5 Å². The topological polar surface area (TPSA) is 35.2 Å². The van der Waals surface area contributed by atoms with Crippen molar-refractivity contribution in [3.63, 3.8) is 0 Å². The average molecular weight is 209 g/mol. The van der Waals surface area contributed by atoms with Crippen LogP contribution in [-0.2, 0) is 0 Å². The van der Waals surface area contributed by atoms with Gasteiger partial charge in [0.05, 0.1) is 6.26 Å². The number of hydrogen-bond acceptors (Lipinski definition) is 2. The molecule has 2 N–H and O–H groups in total. The van der Waals surface area contributed by atoms with Gasteiger partial charge in [-0.1, -0.05) is 24.3 Å². The maximum Gasteiger partial charge on any atom is 0.136 e. The second-order valence-electron chi connectivity index (χ2n) is 3.76. The molecule has 16 heavy (non-hydrogen) atoms.